The first kappa shape index (κ1) is 15.2. The van der Waals surface area contributed by atoms with E-state index in [-0.39, 0.29) is 6.54 Å². The molecule has 0 aromatic carbocycles. The summed E-state index contributed by atoms with van der Waals surface area (Å²) >= 11 is 0. The Morgan fingerprint density at radius 3 is 2.44 bits per heavy atom. The van der Waals surface area contributed by atoms with Gasteiger partial charge in [0.1, 0.15) is 0 Å². The minimum Gasteiger partial charge on any atom is -0.339 e. The predicted octanol–water partition coefficient (Wildman–Crippen LogP) is 0.250. The third kappa shape index (κ3) is 3.81. The van der Waals surface area contributed by atoms with E-state index in [2.05, 4.69) is 5.32 Å². The summed E-state index contributed by atoms with van der Waals surface area (Å²) in [5.74, 6) is -6.43. The lowest BCUT2D eigenvalue weighted by atomic mass is 10.3. The van der Waals surface area contributed by atoms with E-state index in [0.717, 1.165) is 33.2 Å². The van der Waals surface area contributed by atoms with Crippen molar-refractivity contribution >= 4 is 5.91 Å². The van der Waals surface area contributed by atoms with E-state index in [1.807, 2.05) is 4.90 Å². The fourth-order valence-electron chi connectivity index (χ4n) is 1.68. The molecule has 0 unspecified atom stereocenters. The molecule has 1 saturated heterocycles. The topological polar surface area (TPSA) is 35.6 Å². The molecule has 1 heterocycles. The first-order valence-corrected chi connectivity index (χ1v) is 5.70. The Labute approximate surface area is 103 Å². The van der Waals surface area contributed by atoms with Crippen molar-refractivity contribution in [3.63, 3.8) is 0 Å². The van der Waals surface area contributed by atoms with Crippen LogP contribution in [0.25, 0.3) is 0 Å². The molecule has 1 aliphatic heterocycles. The van der Waals surface area contributed by atoms with Crippen LogP contribution in [0.5, 0.6) is 0 Å². The van der Waals surface area contributed by atoms with E-state index < -0.39 is 18.3 Å². The Bertz CT molecular complexity index is 282. The monoisotopic (exact) mass is 271 g/mol. The molecule has 8 heteroatoms. The third-order valence-corrected chi connectivity index (χ3v) is 2.87. The molecule has 0 aromatic rings. The normalized spacial score (nSPS) is 18.1. The number of likely N-dealkylation sites (N-methyl/N-ethyl adjacent to an activating group) is 1. The van der Waals surface area contributed by atoms with Gasteiger partial charge in [0.25, 0.3) is 5.91 Å². The zero-order valence-corrected chi connectivity index (χ0v) is 10.1. The van der Waals surface area contributed by atoms with Gasteiger partial charge in [-0.1, -0.05) is 0 Å². The van der Waals surface area contributed by atoms with Gasteiger partial charge in [-0.05, 0) is 0 Å². The standard InChI is InChI=1S/C10H17F4N3O/c1-16(9(18)10(13,14)8(11)12)6-7-17-4-2-15-3-5-17/h8,15H,2-7H2,1H3. The number of hydrogen-bond acceptors (Lipinski definition) is 3. The van der Waals surface area contributed by atoms with Crippen LogP contribution in [0.1, 0.15) is 0 Å². The number of carbonyl (C=O) groups excluding carboxylic acids is 1. The molecule has 1 rings (SSSR count). The van der Waals surface area contributed by atoms with Gasteiger partial charge in [0.15, 0.2) is 0 Å². The highest BCUT2D eigenvalue weighted by molar-refractivity contribution is 5.83. The van der Waals surface area contributed by atoms with Crippen LogP contribution in [0, 0.1) is 0 Å². The molecule has 106 valence electrons. The van der Waals surface area contributed by atoms with Gasteiger partial charge in [-0.25, -0.2) is 8.78 Å². The van der Waals surface area contributed by atoms with Gasteiger partial charge in [0.2, 0.25) is 0 Å². The first-order valence-electron chi connectivity index (χ1n) is 5.70. The van der Waals surface area contributed by atoms with Crippen molar-refractivity contribution in [2.24, 2.45) is 0 Å². The zero-order chi connectivity index (χ0) is 13.8. The van der Waals surface area contributed by atoms with Crippen LogP contribution in [0.4, 0.5) is 17.6 Å². The second-order valence-corrected chi connectivity index (χ2v) is 4.24. The number of piperazine rings is 1. The molecule has 4 nitrogen and oxygen atoms in total. The lowest BCUT2D eigenvalue weighted by molar-refractivity contribution is -0.179. The van der Waals surface area contributed by atoms with Crippen LogP contribution in [0.2, 0.25) is 0 Å². The number of nitrogens with zero attached hydrogens (tertiary/aromatic N) is 2. The van der Waals surface area contributed by atoms with E-state index in [9.17, 15) is 22.4 Å². The predicted molar refractivity (Wildman–Crippen MR) is 57.9 cm³/mol. The molecular formula is C10H17F4N3O. The molecule has 1 fully saturated rings. The van der Waals surface area contributed by atoms with E-state index >= 15 is 0 Å². The van der Waals surface area contributed by atoms with Crippen molar-refractivity contribution in [3.05, 3.63) is 0 Å². The number of hydrogen-bond donors (Lipinski definition) is 1. The Balaban J connectivity index is 2.39. The summed E-state index contributed by atoms with van der Waals surface area (Å²) in [5, 5.41) is 3.12. The minimum absolute atomic E-state index is 0.0150. The molecule has 1 aliphatic rings. The lowest BCUT2D eigenvalue weighted by Gasteiger charge is -2.30. The lowest BCUT2D eigenvalue weighted by Crippen LogP contribution is -2.50. The highest BCUT2D eigenvalue weighted by Crippen LogP contribution is 2.24. The molecule has 0 radical (unpaired) electrons. The second-order valence-electron chi connectivity index (χ2n) is 4.24. The van der Waals surface area contributed by atoms with E-state index in [1.54, 1.807) is 0 Å². The number of nitrogens with one attached hydrogen (secondary N) is 1. The SMILES string of the molecule is CN(CCN1CCNCC1)C(=O)C(F)(F)C(F)F. The highest BCUT2D eigenvalue weighted by atomic mass is 19.3. The summed E-state index contributed by atoms with van der Waals surface area (Å²) in [7, 11) is 1.11. The van der Waals surface area contributed by atoms with Gasteiger partial charge >= 0.3 is 12.3 Å². The second kappa shape index (κ2) is 6.33. The highest BCUT2D eigenvalue weighted by Gasteiger charge is 2.50. The number of amides is 1. The zero-order valence-electron chi connectivity index (χ0n) is 10.1. The number of alkyl halides is 4. The van der Waals surface area contributed by atoms with E-state index in [1.165, 1.54) is 0 Å². The van der Waals surface area contributed by atoms with Crippen molar-refractivity contribution < 1.29 is 22.4 Å². The Kier molecular flexibility index (Phi) is 5.33. The van der Waals surface area contributed by atoms with Gasteiger partial charge in [-0.3, -0.25) is 9.69 Å². The number of carbonyl (C=O) groups is 1. The van der Waals surface area contributed by atoms with E-state index in [0.29, 0.717) is 11.4 Å². The van der Waals surface area contributed by atoms with Crippen LogP contribution in [-0.2, 0) is 4.79 Å². The van der Waals surface area contributed by atoms with Crippen molar-refractivity contribution in [2.45, 2.75) is 12.3 Å². The molecule has 0 bridgehead atoms. The molecule has 0 saturated carbocycles. The van der Waals surface area contributed by atoms with Gasteiger partial charge in [0.05, 0.1) is 0 Å². The Morgan fingerprint density at radius 2 is 1.94 bits per heavy atom. The van der Waals surface area contributed by atoms with Crippen molar-refractivity contribution in [2.75, 3.05) is 46.3 Å². The molecule has 0 aromatic heterocycles. The fourth-order valence-corrected chi connectivity index (χ4v) is 1.68. The summed E-state index contributed by atoms with van der Waals surface area (Å²) in [6, 6.07) is 0. The molecule has 1 N–H and O–H groups in total. The summed E-state index contributed by atoms with van der Waals surface area (Å²) < 4.78 is 49.6. The maximum atomic E-state index is 12.8. The van der Waals surface area contributed by atoms with Crippen molar-refractivity contribution in [1.82, 2.24) is 15.1 Å². The van der Waals surface area contributed by atoms with Crippen LogP contribution in [-0.4, -0.2) is 74.4 Å². The van der Waals surface area contributed by atoms with Crippen LogP contribution in [0.15, 0.2) is 0 Å². The summed E-state index contributed by atoms with van der Waals surface area (Å²) in [6.45, 7) is 3.53. The van der Waals surface area contributed by atoms with Gasteiger partial charge < -0.3 is 10.2 Å². The van der Waals surface area contributed by atoms with E-state index in [4.69, 9.17) is 0 Å². The Morgan fingerprint density at radius 1 is 1.39 bits per heavy atom. The number of halogens is 4. The van der Waals surface area contributed by atoms with Gasteiger partial charge in [0, 0.05) is 46.3 Å². The minimum atomic E-state index is -4.60. The Hall–Kier alpha value is -0.890. The summed E-state index contributed by atoms with van der Waals surface area (Å²) in [4.78, 5) is 13.8. The molecule has 1 amide bonds. The van der Waals surface area contributed by atoms with Crippen LogP contribution >= 0.6 is 0 Å². The first-order chi connectivity index (χ1) is 8.35. The molecular weight excluding hydrogens is 254 g/mol. The molecule has 18 heavy (non-hydrogen) atoms. The molecule has 0 spiro atoms. The maximum absolute atomic E-state index is 12.8. The third-order valence-electron chi connectivity index (χ3n) is 2.87. The van der Waals surface area contributed by atoms with Crippen molar-refractivity contribution in [3.8, 4) is 0 Å². The van der Waals surface area contributed by atoms with Gasteiger partial charge in [-0.2, -0.15) is 8.78 Å². The largest absolute Gasteiger partial charge is 0.383 e. The molecule has 0 aliphatic carbocycles. The average Bonchev–Trinajstić information content (AvgIpc) is 2.36. The maximum Gasteiger partial charge on any atom is 0.383 e. The van der Waals surface area contributed by atoms with Gasteiger partial charge in [-0.15, -0.1) is 0 Å². The van der Waals surface area contributed by atoms with Crippen LogP contribution in [0.3, 0.4) is 0 Å². The average molecular weight is 271 g/mol. The summed E-state index contributed by atoms with van der Waals surface area (Å²) in [6.07, 6.45) is -3.97. The molecule has 0 atom stereocenters. The van der Waals surface area contributed by atoms with Crippen LogP contribution < -0.4 is 5.32 Å². The summed E-state index contributed by atoms with van der Waals surface area (Å²) in [5.41, 5.74) is 0. The fraction of sp³-hybridized carbons (Fsp3) is 0.900. The number of rotatable bonds is 5. The van der Waals surface area contributed by atoms with Crippen molar-refractivity contribution in [1.29, 1.82) is 0 Å². The quantitative estimate of drug-likeness (QED) is 0.728. The smallest absolute Gasteiger partial charge is 0.339 e.